The minimum Gasteiger partial charge on any atom is -0.396 e. The first-order valence-corrected chi connectivity index (χ1v) is 11.1. The number of hydrogen-bond donors (Lipinski definition) is 1. The summed E-state index contributed by atoms with van der Waals surface area (Å²) in [6.45, 7) is 7.16. The van der Waals surface area contributed by atoms with Crippen molar-refractivity contribution in [3.8, 4) is 11.1 Å². The second-order valence-corrected chi connectivity index (χ2v) is 9.23. The van der Waals surface area contributed by atoms with Gasteiger partial charge in [0.05, 0.1) is 5.41 Å². The molecule has 2 aromatic rings. The van der Waals surface area contributed by atoms with Crippen LogP contribution in [-0.4, -0.2) is 48.8 Å². The van der Waals surface area contributed by atoms with Crippen molar-refractivity contribution in [2.24, 2.45) is 11.3 Å². The van der Waals surface area contributed by atoms with Gasteiger partial charge in [0.1, 0.15) is 0 Å². The number of ether oxygens (including phenoxy) is 1. The molecule has 0 radical (unpaired) electrons. The first-order valence-electron chi connectivity index (χ1n) is 11.1. The number of aliphatic hydroxyl groups is 1. The molecule has 0 spiro atoms. The van der Waals surface area contributed by atoms with Crippen molar-refractivity contribution in [3.05, 3.63) is 59.2 Å². The third-order valence-corrected chi connectivity index (χ3v) is 6.79. The number of likely N-dealkylation sites (tertiary alicyclic amines) is 1. The SMILES string of the molecule is Cc1cc(C)cc(-c2ccc(CC3(C(=O)N4CCC(CO)C4)CCOCC3)cc2)c1. The molecule has 0 bridgehead atoms. The van der Waals surface area contributed by atoms with E-state index in [1.807, 2.05) is 4.90 Å². The van der Waals surface area contributed by atoms with Crippen LogP contribution in [0.4, 0.5) is 0 Å². The summed E-state index contributed by atoms with van der Waals surface area (Å²) in [6, 6.07) is 15.3. The molecular weight excluding hydrogens is 374 g/mol. The third kappa shape index (κ3) is 4.45. The molecule has 0 aromatic heterocycles. The zero-order chi connectivity index (χ0) is 21.1. The van der Waals surface area contributed by atoms with Gasteiger partial charge in [0.25, 0.3) is 0 Å². The molecule has 160 valence electrons. The molecule has 1 unspecified atom stereocenters. The maximum atomic E-state index is 13.5. The molecule has 2 aromatic carbocycles. The van der Waals surface area contributed by atoms with Gasteiger partial charge in [-0.3, -0.25) is 4.79 Å². The Morgan fingerprint density at radius 2 is 1.73 bits per heavy atom. The van der Waals surface area contributed by atoms with Crippen LogP contribution >= 0.6 is 0 Å². The minimum atomic E-state index is -0.385. The van der Waals surface area contributed by atoms with E-state index in [0.29, 0.717) is 19.8 Å². The van der Waals surface area contributed by atoms with Crippen LogP contribution in [0.3, 0.4) is 0 Å². The highest BCUT2D eigenvalue weighted by Gasteiger charge is 2.44. The van der Waals surface area contributed by atoms with Gasteiger partial charge in [-0.05, 0) is 56.2 Å². The summed E-state index contributed by atoms with van der Waals surface area (Å²) in [5.74, 6) is 0.475. The summed E-state index contributed by atoms with van der Waals surface area (Å²) >= 11 is 0. The molecule has 1 N–H and O–H groups in total. The number of hydrogen-bond acceptors (Lipinski definition) is 3. The second kappa shape index (κ2) is 8.91. The molecule has 2 saturated heterocycles. The van der Waals surface area contributed by atoms with E-state index in [4.69, 9.17) is 4.74 Å². The fourth-order valence-electron chi connectivity index (χ4n) is 5.08. The van der Waals surface area contributed by atoms with E-state index in [-0.39, 0.29) is 23.8 Å². The topological polar surface area (TPSA) is 49.8 Å². The quantitative estimate of drug-likeness (QED) is 0.810. The summed E-state index contributed by atoms with van der Waals surface area (Å²) in [5, 5.41) is 9.47. The fraction of sp³-hybridized carbons (Fsp3) is 0.500. The Balaban J connectivity index is 1.54. The van der Waals surface area contributed by atoms with Crippen molar-refractivity contribution < 1.29 is 14.6 Å². The molecule has 4 nitrogen and oxygen atoms in total. The lowest BCUT2D eigenvalue weighted by Crippen LogP contribution is -2.47. The van der Waals surface area contributed by atoms with E-state index >= 15 is 0 Å². The molecule has 4 heteroatoms. The van der Waals surface area contributed by atoms with Crippen molar-refractivity contribution in [3.63, 3.8) is 0 Å². The van der Waals surface area contributed by atoms with E-state index in [0.717, 1.165) is 32.2 Å². The maximum absolute atomic E-state index is 13.5. The number of carbonyl (C=O) groups is 1. The number of rotatable bonds is 5. The standard InChI is InChI=1S/C26H33NO3/c1-19-13-20(2)15-24(14-19)23-5-3-21(4-6-23)16-26(8-11-30-12-9-26)25(29)27-10-7-22(17-27)18-28/h3-6,13-15,22,28H,7-12,16-18H2,1-2H3. The van der Waals surface area contributed by atoms with Crippen molar-refractivity contribution in [1.29, 1.82) is 0 Å². The van der Waals surface area contributed by atoms with Crippen molar-refractivity contribution >= 4 is 5.91 Å². The molecular formula is C26H33NO3. The highest BCUT2D eigenvalue weighted by molar-refractivity contribution is 5.83. The molecule has 0 saturated carbocycles. The summed E-state index contributed by atoms with van der Waals surface area (Å²) in [4.78, 5) is 15.5. The monoisotopic (exact) mass is 407 g/mol. The highest BCUT2D eigenvalue weighted by Crippen LogP contribution is 2.38. The molecule has 4 rings (SSSR count). The average Bonchev–Trinajstić information content (AvgIpc) is 3.23. The number of benzene rings is 2. The van der Waals surface area contributed by atoms with E-state index in [1.54, 1.807) is 0 Å². The van der Waals surface area contributed by atoms with Crippen LogP contribution in [0.5, 0.6) is 0 Å². The van der Waals surface area contributed by atoms with Crippen LogP contribution in [0, 0.1) is 25.2 Å². The molecule has 1 atom stereocenters. The Morgan fingerprint density at radius 1 is 1.07 bits per heavy atom. The lowest BCUT2D eigenvalue weighted by molar-refractivity contribution is -0.147. The Labute approximate surface area is 179 Å². The zero-order valence-corrected chi connectivity index (χ0v) is 18.2. The van der Waals surface area contributed by atoms with Crippen LogP contribution in [0.1, 0.15) is 36.0 Å². The largest absolute Gasteiger partial charge is 0.396 e. The van der Waals surface area contributed by atoms with Crippen LogP contribution in [-0.2, 0) is 16.0 Å². The summed E-state index contributed by atoms with van der Waals surface area (Å²) in [6.07, 6.45) is 3.19. The molecule has 2 heterocycles. The first kappa shape index (κ1) is 21.1. The number of carbonyl (C=O) groups excluding carboxylic acids is 1. The van der Waals surface area contributed by atoms with Gasteiger partial charge >= 0.3 is 0 Å². The molecule has 0 aliphatic carbocycles. The smallest absolute Gasteiger partial charge is 0.229 e. The summed E-state index contributed by atoms with van der Waals surface area (Å²) in [5.41, 5.74) is 5.81. The Morgan fingerprint density at radius 3 is 2.33 bits per heavy atom. The number of nitrogens with zero attached hydrogens (tertiary/aromatic N) is 1. The number of aliphatic hydroxyl groups excluding tert-OH is 1. The molecule has 2 aliphatic rings. The lowest BCUT2D eigenvalue weighted by Gasteiger charge is -2.39. The van der Waals surface area contributed by atoms with E-state index in [2.05, 4.69) is 56.3 Å². The van der Waals surface area contributed by atoms with E-state index in [1.165, 1.54) is 27.8 Å². The van der Waals surface area contributed by atoms with Gasteiger partial charge in [-0.15, -0.1) is 0 Å². The van der Waals surface area contributed by atoms with Gasteiger partial charge in [0.2, 0.25) is 5.91 Å². The average molecular weight is 408 g/mol. The minimum absolute atomic E-state index is 0.166. The van der Waals surface area contributed by atoms with Gasteiger partial charge < -0.3 is 14.7 Å². The van der Waals surface area contributed by atoms with E-state index in [9.17, 15) is 9.90 Å². The van der Waals surface area contributed by atoms with E-state index < -0.39 is 0 Å². The lowest BCUT2D eigenvalue weighted by atomic mass is 9.74. The normalized spacial score (nSPS) is 21.0. The molecule has 1 amide bonds. The van der Waals surface area contributed by atoms with Crippen molar-refractivity contribution in [1.82, 2.24) is 4.90 Å². The molecule has 2 fully saturated rings. The Bertz CT molecular complexity index is 863. The Kier molecular flexibility index (Phi) is 6.26. The van der Waals surface area contributed by atoms with Gasteiger partial charge in [-0.25, -0.2) is 0 Å². The number of aryl methyl sites for hydroxylation is 2. The van der Waals surface area contributed by atoms with Crippen molar-refractivity contribution in [2.75, 3.05) is 32.9 Å². The first-order chi connectivity index (χ1) is 14.5. The van der Waals surface area contributed by atoms with Gasteiger partial charge in [-0.1, -0.05) is 53.6 Å². The summed E-state index contributed by atoms with van der Waals surface area (Å²) in [7, 11) is 0. The summed E-state index contributed by atoms with van der Waals surface area (Å²) < 4.78 is 5.61. The fourth-order valence-corrected chi connectivity index (χ4v) is 5.08. The van der Waals surface area contributed by atoms with Crippen LogP contribution < -0.4 is 0 Å². The van der Waals surface area contributed by atoms with Crippen LogP contribution in [0.2, 0.25) is 0 Å². The molecule has 30 heavy (non-hydrogen) atoms. The Hall–Kier alpha value is -2.17. The van der Waals surface area contributed by atoms with Gasteiger partial charge in [-0.2, -0.15) is 0 Å². The second-order valence-electron chi connectivity index (χ2n) is 9.23. The predicted molar refractivity (Wildman–Crippen MR) is 119 cm³/mol. The maximum Gasteiger partial charge on any atom is 0.229 e. The number of amides is 1. The highest BCUT2D eigenvalue weighted by atomic mass is 16.5. The third-order valence-electron chi connectivity index (χ3n) is 6.79. The van der Waals surface area contributed by atoms with Crippen LogP contribution in [0.15, 0.2) is 42.5 Å². The van der Waals surface area contributed by atoms with Gasteiger partial charge in [0.15, 0.2) is 0 Å². The van der Waals surface area contributed by atoms with Gasteiger partial charge in [0, 0.05) is 38.8 Å². The van der Waals surface area contributed by atoms with Crippen LogP contribution in [0.25, 0.3) is 11.1 Å². The van der Waals surface area contributed by atoms with Crippen molar-refractivity contribution in [2.45, 2.75) is 39.5 Å². The zero-order valence-electron chi connectivity index (χ0n) is 18.2. The predicted octanol–water partition coefficient (Wildman–Crippen LogP) is 4.15. The molecule has 2 aliphatic heterocycles.